The number of rotatable bonds is 3. The van der Waals surface area contributed by atoms with Crippen LogP contribution >= 0.6 is 35.3 Å². The Kier molecular flexibility index (Phi) is 4.92. The fraction of sp³-hybridized carbons (Fsp3) is 0.312. The van der Waals surface area contributed by atoms with Gasteiger partial charge in [-0.1, -0.05) is 41.7 Å². The molecule has 0 unspecified atom stereocenters. The molecule has 0 atom stereocenters. The highest BCUT2D eigenvalue weighted by Crippen LogP contribution is 2.36. The van der Waals surface area contributed by atoms with E-state index in [0.717, 1.165) is 36.3 Å². The van der Waals surface area contributed by atoms with Crippen molar-refractivity contribution in [1.82, 2.24) is 15.1 Å². The number of nitrogens with zero attached hydrogens (tertiary/aromatic N) is 3. The van der Waals surface area contributed by atoms with E-state index in [-0.39, 0.29) is 12.4 Å². The molecule has 4 rings (SSSR count). The summed E-state index contributed by atoms with van der Waals surface area (Å²) in [4.78, 5) is 9.06. The summed E-state index contributed by atoms with van der Waals surface area (Å²) < 4.78 is 5.38. The molecule has 0 aliphatic heterocycles. The zero-order valence-electron chi connectivity index (χ0n) is 12.7. The van der Waals surface area contributed by atoms with Gasteiger partial charge in [0.15, 0.2) is 5.82 Å². The third-order valence-electron chi connectivity index (χ3n) is 4.18. The summed E-state index contributed by atoms with van der Waals surface area (Å²) >= 11 is 7.45. The Hall–Kier alpha value is -1.47. The van der Waals surface area contributed by atoms with Crippen LogP contribution in [-0.2, 0) is 5.54 Å². The molecule has 1 aliphatic rings. The number of nitrogens with two attached hydrogens (primary N) is 1. The third kappa shape index (κ3) is 3.19. The van der Waals surface area contributed by atoms with Crippen LogP contribution in [0.2, 0.25) is 5.02 Å². The van der Waals surface area contributed by atoms with Gasteiger partial charge in [-0.2, -0.15) is 4.98 Å². The second-order valence-corrected chi connectivity index (χ2v) is 7.13. The minimum atomic E-state index is -0.448. The molecule has 0 amide bonds. The van der Waals surface area contributed by atoms with Gasteiger partial charge in [0, 0.05) is 16.0 Å². The lowest BCUT2D eigenvalue weighted by molar-refractivity contribution is 0.372. The van der Waals surface area contributed by atoms with Crippen molar-refractivity contribution in [2.24, 2.45) is 5.73 Å². The Balaban J connectivity index is 0.00000169. The average molecular weight is 383 g/mol. The second-order valence-electron chi connectivity index (χ2n) is 5.83. The van der Waals surface area contributed by atoms with Crippen LogP contribution < -0.4 is 5.73 Å². The molecule has 2 aromatic heterocycles. The summed E-state index contributed by atoms with van der Waals surface area (Å²) in [5.74, 6) is 1.01. The van der Waals surface area contributed by atoms with Crippen molar-refractivity contribution in [2.75, 3.05) is 0 Å². The first-order chi connectivity index (χ1) is 11.1. The van der Waals surface area contributed by atoms with Gasteiger partial charge in [-0.05, 0) is 25.0 Å². The summed E-state index contributed by atoms with van der Waals surface area (Å²) in [5.41, 5.74) is 7.61. The van der Waals surface area contributed by atoms with Crippen LogP contribution in [0, 0.1) is 0 Å². The van der Waals surface area contributed by atoms with Gasteiger partial charge in [-0.15, -0.1) is 23.7 Å². The molecule has 0 radical (unpaired) electrons. The maximum atomic E-state index is 6.37. The van der Waals surface area contributed by atoms with Crippen LogP contribution in [0.15, 0.2) is 34.2 Å². The van der Waals surface area contributed by atoms with Crippen LogP contribution in [-0.4, -0.2) is 15.1 Å². The zero-order chi connectivity index (χ0) is 15.9. The Labute approximate surface area is 154 Å². The first-order valence-electron chi connectivity index (χ1n) is 7.49. The van der Waals surface area contributed by atoms with Gasteiger partial charge in [-0.25, -0.2) is 4.98 Å². The van der Waals surface area contributed by atoms with E-state index in [4.69, 9.17) is 21.9 Å². The lowest BCUT2D eigenvalue weighted by atomic mass is 9.99. The van der Waals surface area contributed by atoms with Crippen molar-refractivity contribution in [3.63, 3.8) is 0 Å². The van der Waals surface area contributed by atoms with Crippen molar-refractivity contribution in [3.05, 3.63) is 40.5 Å². The quantitative estimate of drug-likeness (QED) is 0.712. The predicted octanol–water partition coefficient (Wildman–Crippen LogP) is 4.66. The van der Waals surface area contributed by atoms with E-state index < -0.39 is 5.54 Å². The standard InChI is InChI=1S/C16H15ClN4OS.ClH/c17-11-5-3-10(4-6-11)14-19-12(9-23-14)13-20-15(21-22-13)16(18)7-1-2-8-16;/h3-6,9H,1-2,7-8,18H2;1H. The molecule has 1 aliphatic carbocycles. The van der Waals surface area contributed by atoms with Crippen molar-refractivity contribution in [2.45, 2.75) is 31.2 Å². The van der Waals surface area contributed by atoms with Gasteiger partial charge in [0.2, 0.25) is 0 Å². The molecule has 8 heteroatoms. The minimum Gasteiger partial charge on any atom is -0.332 e. The van der Waals surface area contributed by atoms with Crippen molar-refractivity contribution in [1.29, 1.82) is 0 Å². The van der Waals surface area contributed by atoms with Crippen molar-refractivity contribution < 1.29 is 4.52 Å². The molecular formula is C16H16Cl2N4OS. The Bertz CT molecular complexity index is 825. The van der Waals surface area contributed by atoms with E-state index in [9.17, 15) is 0 Å². The smallest absolute Gasteiger partial charge is 0.277 e. The second kappa shape index (κ2) is 6.80. The van der Waals surface area contributed by atoms with Crippen LogP contribution in [0.25, 0.3) is 22.2 Å². The fourth-order valence-electron chi connectivity index (χ4n) is 2.86. The molecule has 0 bridgehead atoms. The van der Waals surface area contributed by atoms with Gasteiger partial charge in [0.25, 0.3) is 5.89 Å². The Morgan fingerprint density at radius 2 is 1.83 bits per heavy atom. The van der Waals surface area contributed by atoms with E-state index in [2.05, 4.69) is 15.1 Å². The number of benzene rings is 1. The largest absolute Gasteiger partial charge is 0.332 e. The van der Waals surface area contributed by atoms with Crippen LogP contribution in [0.1, 0.15) is 31.5 Å². The maximum absolute atomic E-state index is 6.37. The summed E-state index contributed by atoms with van der Waals surface area (Å²) in [6, 6.07) is 7.58. The topological polar surface area (TPSA) is 77.8 Å². The maximum Gasteiger partial charge on any atom is 0.277 e. The lowest BCUT2D eigenvalue weighted by Crippen LogP contribution is -2.34. The zero-order valence-corrected chi connectivity index (χ0v) is 15.1. The molecule has 2 heterocycles. The van der Waals surface area contributed by atoms with E-state index in [1.165, 1.54) is 11.3 Å². The molecular weight excluding hydrogens is 367 g/mol. The van der Waals surface area contributed by atoms with Crippen LogP contribution in [0.3, 0.4) is 0 Å². The van der Waals surface area contributed by atoms with Gasteiger partial charge in [0.1, 0.15) is 10.7 Å². The normalized spacial score (nSPS) is 16.1. The number of thiazole rings is 1. The highest BCUT2D eigenvalue weighted by Gasteiger charge is 2.36. The van der Waals surface area contributed by atoms with E-state index >= 15 is 0 Å². The number of aromatic nitrogens is 3. The minimum absolute atomic E-state index is 0. The summed E-state index contributed by atoms with van der Waals surface area (Å²) in [6.45, 7) is 0. The Morgan fingerprint density at radius 3 is 2.54 bits per heavy atom. The lowest BCUT2D eigenvalue weighted by Gasteiger charge is -2.17. The summed E-state index contributed by atoms with van der Waals surface area (Å²) in [5, 5.41) is 7.59. The fourth-order valence-corrected chi connectivity index (χ4v) is 3.78. The molecule has 1 fully saturated rings. The molecule has 0 saturated heterocycles. The van der Waals surface area contributed by atoms with Gasteiger partial charge < -0.3 is 10.3 Å². The van der Waals surface area contributed by atoms with Crippen LogP contribution in [0.5, 0.6) is 0 Å². The van der Waals surface area contributed by atoms with Crippen molar-refractivity contribution in [3.8, 4) is 22.2 Å². The van der Waals surface area contributed by atoms with Crippen molar-refractivity contribution >= 4 is 35.3 Å². The molecule has 0 spiro atoms. The SMILES string of the molecule is Cl.NC1(c2noc(-c3csc(-c4ccc(Cl)cc4)n3)n2)CCCC1. The average Bonchev–Trinajstić information content (AvgIpc) is 3.28. The molecule has 2 N–H and O–H groups in total. The highest BCUT2D eigenvalue weighted by molar-refractivity contribution is 7.13. The molecule has 3 aromatic rings. The summed E-state index contributed by atoms with van der Waals surface area (Å²) in [6.07, 6.45) is 4.02. The number of hydrogen-bond acceptors (Lipinski definition) is 6. The van der Waals surface area contributed by atoms with Crippen LogP contribution in [0.4, 0.5) is 0 Å². The molecule has 1 saturated carbocycles. The number of hydrogen-bond donors (Lipinski definition) is 1. The number of halogens is 2. The van der Waals surface area contributed by atoms with Gasteiger partial charge >= 0.3 is 0 Å². The monoisotopic (exact) mass is 382 g/mol. The molecule has 24 heavy (non-hydrogen) atoms. The highest BCUT2D eigenvalue weighted by atomic mass is 35.5. The van der Waals surface area contributed by atoms with E-state index in [1.807, 2.05) is 29.6 Å². The van der Waals surface area contributed by atoms with E-state index in [0.29, 0.717) is 22.4 Å². The third-order valence-corrected chi connectivity index (χ3v) is 5.32. The molecule has 1 aromatic carbocycles. The molecule has 126 valence electrons. The van der Waals surface area contributed by atoms with Gasteiger partial charge in [-0.3, -0.25) is 0 Å². The van der Waals surface area contributed by atoms with E-state index in [1.54, 1.807) is 0 Å². The predicted molar refractivity (Wildman–Crippen MR) is 97.4 cm³/mol. The first-order valence-corrected chi connectivity index (χ1v) is 8.75. The first kappa shape index (κ1) is 17.4. The van der Waals surface area contributed by atoms with Gasteiger partial charge in [0.05, 0.1) is 5.54 Å². The molecule has 5 nitrogen and oxygen atoms in total. The Morgan fingerprint density at radius 1 is 1.12 bits per heavy atom. The summed E-state index contributed by atoms with van der Waals surface area (Å²) in [7, 11) is 0.